The van der Waals surface area contributed by atoms with Crippen LogP contribution in [-0.4, -0.2) is 34.8 Å². The minimum atomic E-state index is -0.754. The highest BCUT2D eigenvalue weighted by atomic mass is 16.2. The first-order valence-corrected chi connectivity index (χ1v) is 7.59. The van der Waals surface area contributed by atoms with Crippen LogP contribution in [0.3, 0.4) is 0 Å². The Hall–Kier alpha value is -1.84. The van der Waals surface area contributed by atoms with Crippen molar-refractivity contribution in [1.29, 1.82) is 0 Å². The number of hydrogen-bond acceptors (Lipinski definition) is 2. The van der Waals surface area contributed by atoms with Crippen molar-refractivity contribution in [3.05, 3.63) is 35.9 Å². The van der Waals surface area contributed by atoms with Crippen molar-refractivity contribution < 1.29 is 9.59 Å². The van der Waals surface area contributed by atoms with Crippen molar-refractivity contribution in [3.63, 3.8) is 0 Å². The molecule has 1 aromatic carbocycles. The Morgan fingerprint density at radius 3 is 2.48 bits per heavy atom. The van der Waals surface area contributed by atoms with E-state index in [0.717, 1.165) is 19.3 Å². The summed E-state index contributed by atoms with van der Waals surface area (Å²) >= 11 is 0. The summed E-state index contributed by atoms with van der Waals surface area (Å²) in [7, 11) is 0. The van der Waals surface area contributed by atoms with Crippen molar-refractivity contribution in [2.24, 2.45) is 0 Å². The van der Waals surface area contributed by atoms with E-state index in [9.17, 15) is 9.59 Å². The van der Waals surface area contributed by atoms with E-state index < -0.39 is 11.6 Å². The van der Waals surface area contributed by atoms with E-state index in [-0.39, 0.29) is 11.8 Å². The Balaban J connectivity index is 1.88. The van der Waals surface area contributed by atoms with Crippen molar-refractivity contribution in [1.82, 2.24) is 10.2 Å². The summed E-state index contributed by atoms with van der Waals surface area (Å²) in [6.07, 6.45) is 2.93. The topological polar surface area (TPSA) is 49.4 Å². The molecule has 114 valence electrons. The molecule has 0 aromatic heterocycles. The molecule has 1 heterocycles. The van der Waals surface area contributed by atoms with Gasteiger partial charge in [0.1, 0.15) is 11.6 Å². The molecule has 1 aliphatic heterocycles. The van der Waals surface area contributed by atoms with Crippen molar-refractivity contribution >= 4 is 11.8 Å². The predicted octanol–water partition coefficient (Wildman–Crippen LogP) is 2.13. The fraction of sp³-hybridized carbons (Fsp3) is 0.529. The number of carbonyl (C=O) groups is 2. The number of carbonyl (C=O) groups excluding carboxylic acids is 2. The lowest BCUT2D eigenvalue weighted by molar-refractivity contribution is -0.154. The Labute approximate surface area is 126 Å². The van der Waals surface area contributed by atoms with Gasteiger partial charge >= 0.3 is 0 Å². The zero-order chi connectivity index (χ0) is 15.5. The van der Waals surface area contributed by atoms with Crippen LogP contribution in [0.1, 0.15) is 39.2 Å². The number of aryl methyl sites for hydroxylation is 1. The molecule has 1 aliphatic rings. The quantitative estimate of drug-likeness (QED) is 0.844. The molecule has 0 spiro atoms. The smallest absolute Gasteiger partial charge is 0.246 e. The normalized spacial score (nSPS) is 21.3. The number of nitrogens with one attached hydrogen (secondary N) is 1. The number of nitrogens with zero attached hydrogens (tertiary/aromatic N) is 1. The summed E-state index contributed by atoms with van der Waals surface area (Å²) in [6.45, 7) is 6.00. The van der Waals surface area contributed by atoms with Crippen LogP contribution < -0.4 is 5.32 Å². The van der Waals surface area contributed by atoms with Gasteiger partial charge in [-0.2, -0.15) is 0 Å². The van der Waals surface area contributed by atoms with Gasteiger partial charge in [-0.1, -0.05) is 30.3 Å². The standard InChI is InChI=1S/C17H24N2O2/c1-13-15(20)19(17(2,3)16(21)18-13)12-8-7-11-14-9-5-4-6-10-14/h4-6,9-10,13H,7-8,11-12H2,1-3H3,(H,18,21). The van der Waals surface area contributed by atoms with Gasteiger partial charge in [0.25, 0.3) is 0 Å². The molecule has 1 unspecified atom stereocenters. The molecule has 1 saturated heterocycles. The lowest BCUT2D eigenvalue weighted by atomic mass is 9.95. The van der Waals surface area contributed by atoms with Crippen LogP contribution >= 0.6 is 0 Å². The van der Waals surface area contributed by atoms with E-state index in [1.54, 1.807) is 11.8 Å². The number of piperazine rings is 1. The SMILES string of the molecule is CC1NC(=O)C(C)(C)N(CCCCc2ccccc2)C1=O. The van der Waals surface area contributed by atoms with Crippen LogP contribution in [0, 0.1) is 0 Å². The summed E-state index contributed by atoms with van der Waals surface area (Å²) in [5.41, 5.74) is 0.559. The summed E-state index contributed by atoms with van der Waals surface area (Å²) < 4.78 is 0. The number of benzene rings is 1. The van der Waals surface area contributed by atoms with E-state index in [2.05, 4.69) is 17.4 Å². The van der Waals surface area contributed by atoms with Crippen LogP contribution in [0.4, 0.5) is 0 Å². The number of rotatable bonds is 5. The van der Waals surface area contributed by atoms with Crippen molar-refractivity contribution in [2.45, 2.75) is 51.6 Å². The van der Waals surface area contributed by atoms with Crippen LogP contribution in [0.25, 0.3) is 0 Å². The van der Waals surface area contributed by atoms with Gasteiger partial charge in [-0.05, 0) is 45.6 Å². The second-order valence-electron chi connectivity index (χ2n) is 6.19. The highest BCUT2D eigenvalue weighted by Crippen LogP contribution is 2.21. The first kappa shape index (κ1) is 15.5. The molecule has 4 nitrogen and oxygen atoms in total. The number of amides is 2. The van der Waals surface area contributed by atoms with E-state index >= 15 is 0 Å². The molecule has 1 aromatic rings. The molecule has 21 heavy (non-hydrogen) atoms. The minimum absolute atomic E-state index is 0.0133. The largest absolute Gasteiger partial charge is 0.343 e. The van der Waals surface area contributed by atoms with Crippen LogP contribution in [0.5, 0.6) is 0 Å². The molecule has 1 N–H and O–H groups in total. The number of hydrogen-bond donors (Lipinski definition) is 1. The maximum atomic E-state index is 12.3. The first-order chi connectivity index (χ1) is 9.93. The second-order valence-corrected chi connectivity index (χ2v) is 6.19. The maximum absolute atomic E-state index is 12.3. The molecule has 4 heteroatoms. The third-order valence-electron chi connectivity index (χ3n) is 4.15. The van der Waals surface area contributed by atoms with Gasteiger partial charge in [-0.25, -0.2) is 0 Å². The van der Waals surface area contributed by atoms with E-state index in [1.807, 2.05) is 32.0 Å². The van der Waals surface area contributed by atoms with Crippen molar-refractivity contribution in [3.8, 4) is 0 Å². The molecule has 2 amide bonds. The summed E-state index contributed by atoms with van der Waals surface area (Å²) in [6, 6.07) is 9.91. The monoisotopic (exact) mass is 288 g/mol. The molecule has 1 fully saturated rings. The van der Waals surface area contributed by atoms with Gasteiger partial charge in [0, 0.05) is 6.54 Å². The molecule has 0 bridgehead atoms. The van der Waals surface area contributed by atoms with E-state index in [4.69, 9.17) is 0 Å². The van der Waals surface area contributed by atoms with Gasteiger partial charge in [0.2, 0.25) is 11.8 Å². The van der Waals surface area contributed by atoms with Crippen molar-refractivity contribution in [2.75, 3.05) is 6.54 Å². The molecule has 0 radical (unpaired) electrons. The molecule has 0 saturated carbocycles. The fourth-order valence-electron chi connectivity index (χ4n) is 2.70. The average Bonchev–Trinajstić information content (AvgIpc) is 2.46. The third kappa shape index (κ3) is 3.43. The van der Waals surface area contributed by atoms with Gasteiger partial charge < -0.3 is 10.2 Å². The van der Waals surface area contributed by atoms with Gasteiger partial charge in [0.05, 0.1) is 0 Å². The first-order valence-electron chi connectivity index (χ1n) is 7.59. The summed E-state index contributed by atoms with van der Waals surface area (Å²) in [5, 5.41) is 2.74. The lowest BCUT2D eigenvalue weighted by Crippen LogP contribution is -2.67. The van der Waals surface area contributed by atoms with E-state index in [1.165, 1.54) is 5.56 Å². The zero-order valence-corrected chi connectivity index (χ0v) is 13.1. The Kier molecular flexibility index (Phi) is 4.66. The van der Waals surface area contributed by atoms with E-state index in [0.29, 0.717) is 6.54 Å². The Morgan fingerprint density at radius 1 is 1.14 bits per heavy atom. The molecular weight excluding hydrogens is 264 g/mol. The Morgan fingerprint density at radius 2 is 1.81 bits per heavy atom. The van der Waals surface area contributed by atoms with Crippen LogP contribution in [-0.2, 0) is 16.0 Å². The Bertz CT molecular complexity index is 511. The highest BCUT2D eigenvalue weighted by Gasteiger charge is 2.44. The minimum Gasteiger partial charge on any atom is -0.343 e. The zero-order valence-electron chi connectivity index (χ0n) is 13.1. The molecule has 2 rings (SSSR count). The number of unbranched alkanes of at least 4 members (excludes halogenated alkanes) is 1. The predicted molar refractivity (Wildman–Crippen MR) is 82.8 cm³/mol. The van der Waals surface area contributed by atoms with Crippen LogP contribution in [0.2, 0.25) is 0 Å². The molecule has 1 atom stereocenters. The molecular formula is C17H24N2O2. The summed E-state index contributed by atoms with van der Waals surface area (Å²) in [5.74, 6) is -0.0584. The van der Waals surface area contributed by atoms with Gasteiger partial charge in [-0.15, -0.1) is 0 Å². The third-order valence-corrected chi connectivity index (χ3v) is 4.15. The summed E-state index contributed by atoms with van der Waals surface area (Å²) in [4.78, 5) is 26.0. The molecule has 0 aliphatic carbocycles. The lowest BCUT2D eigenvalue weighted by Gasteiger charge is -2.43. The maximum Gasteiger partial charge on any atom is 0.246 e. The average molecular weight is 288 g/mol. The highest BCUT2D eigenvalue weighted by molar-refractivity contribution is 5.99. The second kappa shape index (κ2) is 6.29. The van der Waals surface area contributed by atoms with Gasteiger partial charge in [-0.3, -0.25) is 9.59 Å². The van der Waals surface area contributed by atoms with Gasteiger partial charge in [0.15, 0.2) is 0 Å². The fourth-order valence-corrected chi connectivity index (χ4v) is 2.70. The van der Waals surface area contributed by atoms with Crippen LogP contribution in [0.15, 0.2) is 30.3 Å².